The maximum absolute atomic E-state index is 12.1. The lowest BCUT2D eigenvalue weighted by atomic mass is 9.71. The molecule has 0 spiro atoms. The molecule has 2 N–H and O–H groups in total. The molecule has 1 aromatic rings. The number of amides is 1. The van der Waals surface area contributed by atoms with Gasteiger partial charge >= 0.3 is 5.97 Å². The lowest BCUT2D eigenvalue weighted by Crippen LogP contribution is -2.20. The molecule has 0 saturated heterocycles. The Labute approximate surface area is 191 Å². The predicted octanol–water partition coefficient (Wildman–Crippen LogP) is 6.78. The van der Waals surface area contributed by atoms with E-state index in [4.69, 9.17) is 5.11 Å². The van der Waals surface area contributed by atoms with Crippen LogP contribution in [0.1, 0.15) is 47.5 Å². The highest BCUT2D eigenvalue weighted by molar-refractivity contribution is 5.99. The summed E-state index contributed by atoms with van der Waals surface area (Å²) in [6, 6.07) is 9.35. The summed E-state index contributed by atoms with van der Waals surface area (Å²) in [6.45, 7) is 10.3. The number of anilines is 1. The summed E-state index contributed by atoms with van der Waals surface area (Å²) in [6.07, 6.45) is 14.5. The molecule has 0 aliphatic heterocycles. The Bertz CT molecular complexity index is 1030. The molecule has 1 aliphatic carbocycles. The van der Waals surface area contributed by atoms with E-state index in [1.165, 1.54) is 11.6 Å². The van der Waals surface area contributed by atoms with Gasteiger partial charge in [0.15, 0.2) is 0 Å². The van der Waals surface area contributed by atoms with Gasteiger partial charge in [-0.1, -0.05) is 68.0 Å². The molecular weight excluding hydrogens is 398 g/mol. The topological polar surface area (TPSA) is 66.4 Å². The average Bonchev–Trinajstić information content (AvgIpc) is 2.70. The van der Waals surface area contributed by atoms with Gasteiger partial charge in [0.2, 0.25) is 5.91 Å². The Hall–Kier alpha value is -3.40. The largest absolute Gasteiger partial charge is 0.478 e. The van der Waals surface area contributed by atoms with E-state index in [1.54, 1.807) is 6.08 Å². The minimum Gasteiger partial charge on any atom is -0.478 e. The van der Waals surface area contributed by atoms with Gasteiger partial charge in [-0.2, -0.15) is 0 Å². The highest BCUT2D eigenvalue weighted by atomic mass is 16.4. The molecule has 0 fully saturated rings. The van der Waals surface area contributed by atoms with Crippen LogP contribution in [-0.2, 0) is 9.59 Å². The van der Waals surface area contributed by atoms with Crippen LogP contribution in [0, 0.1) is 5.41 Å². The molecule has 32 heavy (non-hydrogen) atoms. The third kappa shape index (κ3) is 7.69. The van der Waals surface area contributed by atoms with E-state index in [9.17, 15) is 9.59 Å². The van der Waals surface area contributed by atoms with E-state index in [1.807, 2.05) is 69.3 Å². The van der Waals surface area contributed by atoms with Gasteiger partial charge in [0, 0.05) is 17.8 Å². The summed E-state index contributed by atoms with van der Waals surface area (Å²) in [5.74, 6) is -1.06. The number of carboxylic acids is 1. The van der Waals surface area contributed by atoms with Crippen LogP contribution in [0.5, 0.6) is 0 Å². The number of rotatable bonds is 7. The van der Waals surface area contributed by atoms with Gasteiger partial charge in [0.25, 0.3) is 0 Å². The quantitative estimate of drug-likeness (QED) is 0.369. The molecule has 4 heteroatoms. The van der Waals surface area contributed by atoms with Crippen molar-refractivity contribution in [3.63, 3.8) is 0 Å². The van der Waals surface area contributed by atoms with Crippen LogP contribution in [-0.4, -0.2) is 17.0 Å². The van der Waals surface area contributed by atoms with Gasteiger partial charge in [0.05, 0.1) is 0 Å². The lowest BCUT2D eigenvalue weighted by Gasteiger charge is -2.34. The second-order valence-electron chi connectivity index (χ2n) is 8.78. The zero-order chi connectivity index (χ0) is 23.7. The Morgan fingerprint density at radius 1 is 1.06 bits per heavy atom. The molecule has 0 heterocycles. The maximum Gasteiger partial charge on any atom is 0.328 e. The van der Waals surface area contributed by atoms with Crippen molar-refractivity contribution in [3.05, 3.63) is 101 Å². The molecular formula is C28H33NO3. The van der Waals surface area contributed by atoms with Crippen molar-refractivity contribution in [2.45, 2.75) is 47.5 Å². The third-order valence-corrected chi connectivity index (χ3v) is 5.56. The summed E-state index contributed by atoms with van der Waals surface area (Å²) in [7, 11) is 0. The first kappa shape index (κ1) is 24.9. The van der Waals surface area contributed by atoms with Crippen molar-refractivity contribution < 1.29 is 14.7 Å². The summed E-state index contributed by atoms with van der Waals surface area (Å²) >= 11 is 0. The summed E-state index contributed by atoms with van der Waals surface area (Å²) in [4.78, 5) is 23.2. The van der Waals surface area contributed by atoms with Crippen molar-refractivity contribution >= 4 is 17.6 Å². The molecule has 1 aliphatic rings. The van der Waals surface area contributed by atoms with E-state index in [0.717, 1.165) is 40.8 Å². The highest BCUT2D eigenvalue weighted by Gasteiger charge is 2.29. The van der Waals surface area contributed by atoms with Crippen molar-refractivity contribution in [3.8, 4) is 0 Å². The Balaban J connectivity index is 2.07. The normalized spacial score (nSPS) is 18.6. The standard InChI is InChI=1S/C28H33NO3/c1-20(10-9-11-21(2)18-26(30)29-24-12-7-6-8-13-24)14-15-25-22(3)23(19-27(31)32)16-17-28(25,4)5/h6-15,18-19H,16-17H2,1-5H3,(H,29,30)(H,31,32)/b11-9+,15-14+,20-10+,21-18-,23-19?. The van der Waals surface area contributed by atoms with E-state index in [0.29, 0.717) is 0 Å². The van der Waals surface area contributed by atoms with E-state index in [-0.39, 0.29) is 11.3 Å². The average molecular weight is 432 g/mol. The smallest absolute Gasteiger partial charge is 0.328 e. The first-order valence-electron chi connectivity index (χ1n) is 10.8. The fourth-order valence-corrected chi connectivity index (χ4v) is 3.71. The zero-order valence-electron chi connectivity index (χ0n) is 19.6. The number of nitrogens with one attached hydrogen (secondary N) is 1. The number of carbonyl (C=O) groups is 2. The van der Waals surface area contributed by atoms with Crippen molar-refractivity contribution in [2.75, 3.05) is 5.32 Å². The first-order valence-corrected chi connectivity index (χ1v) is 10.8. The van der Waals surface area contributed by atoms with Crippen LogP contribution in [0.4, 0.5) is 5.69 Å². The van der Waals surface area contributed by atoms with Gasteiger partial charge in [0.1, 0.15) is 0 Å². The van der Waals surface area contributed by atoms with Crippen LogP contribution >= 0.6 is 0 Å². The number of hydrogen-bond acceptors (Lipinski definition) is 2. The van der Waals surface area contributed by atoms with Gasteiger partial charge in [-0.15, -0.1) is 0 Å². The summed E-state index contributed by atoms with van der Waals surface area (Å²) < 4.78 is 0. The third-order valence-electron chi connectivity index (χ3n) is 5.56. The van der Waals surface area contributed by atoms with Gasteiger partial charge < -0.3 is 10.4 Å². The molecule has 0 atom stereocenters. The molecule has 168 valence electrons. The summed E-state index contributed by atoms with van der Waals surface area (Å²) in [5.41, 5.74) is 5.79. The van der Waals surface area contributed by atoms with E-state index in [2.05, 4.69) is 31.3 Å². The fraction of sp³-hybridized carbons (Fsp3) is 0.286. The van der Waals surface area contributed by atoms with Gasteiger partial charge in [-0.25, -0.2) is 4.79 Å². The monoisotopic (exact) mass is 431 g/mol. The zero-order valence-corrected chi connectivity index (χ0v) is 19.6. The van der Waals surface area contributed by atoms with Crippen molar-refractivity contribution in [2.24, 2.45) is 5.41 Å². The first-order chi connectivity index (χ1) is 15.1. The molecule has 0 radical (unpaired) electrons. The number of benzene rings is 1. The SMILES string of the molecule is CC1=C(/C=C/C(C)=C/C=C/C(C)=C\C(=O)Nc2ccccc2)C(C)(C)CCC1=CC(=O)O. The lowest BCUT2D eigenvalue weighted by molar-refractivity contribution is -0.131. The Morgan fingerprint density at radius 3 is 2.41 bits per heavy atom. The summed E-state index contributed by atoms with van der Waals surface area (Å²) in [5, 5.41) is 12.0. The van der Waals surface area contributed by atoms with Crippen molar-refractivity contribution in [1.82, 2.24) is 0 Å². The number of carboxylic acid groups (broad SMARTS) is 1. The number of para-hydroxylation sites is 1. The maximum atomic E-state index is 12.1. The Morgan fingerprint density at radius 2 is 1.75 bits per heavy atom. The molecule has 2 rings (SSSR count). The molecule has 0 unspecified atom stereocenters. The molecule has 1 aromatic carbocycles. The number of aliphatic carboxylic acids is 1. The predicted molar refractivity (Wildman–Crippen MR) is 132 cm³/mol. The minimum absolute atomic E-state index is 0.00200. The molecule has 0 bridgehead atoms. The van der Waals surface area contributed by atoms with Crippen LogP contribution in [0.2, 0.25) is 0 Å². The number of hydrogen-bond donors (Lipinski definition) is 2. The number of carbonyl (C=O) groups excluding carboxylic acids is 1. The molecule has 4 nitrogen and oxygen atoms in total. The van der Waals surface area contributed by atoms with Crippen LogP contribution < -0.4 is 5.32 Å². The molecule has 0 aromatic heterocycles. The van der Waals surface area contributed by atoms with Gasteiger partial charge in [-0.05, 0) is 73.5 Å². The molecule has 0 saturated carbocycles. The van der Waals surface area contributed by atoms with E-state index < -0.39 is 5.97 Å². The second-order valence-corrected chi connectivity index (χ2v) is 8.78. The van der Waals surface area contributed by atoms with Crippen LogP contribution in [0.25, 0.3) is 0 Å². The fourth-order valence-electron chi connectivity index (χ4n) is 3.71. The van der Waals surface area contributed by atoms with Gasteiger partial charge in [-0.3, -0.25) is 4.79 Å². The van der Waals surface area contributed by atoms with Crippen LogP contribution in [0.3, 0.4) is 0 Å². The minimum atomic E-state index is -0.899. The van der Waals surface area contributed by atoms with Crippen molar-refractivity contribution in [1.29, 1.82) is 0 Å². The molecule has 1 amide bonds. The van der Waals surface area contributed by atoms with E-state index >= 15 is 0 Å². The van der Waals surface area contributed by atoms with Crippen LogP contribution in [0.15, 0.2) is 101 Å². The Kier molecular flexibility index (Phi) is 8.77. The number of allylic oxidation sites excluding steroid dienone is 10. The highest BCUT2D eigenvalue weighted by Crippen LogP contribution is 2.43. The second kappa shape index (κ2) is 11.3.